The van der Waals surface area contributed by atoms with E-state index >= 15 is 0 Å². The topological polar surface area (TPSA) is 77.3 Å². The molecule has 0 bridgehead atoms. The van der Waals surface area contributed by atoms with Crippen LogP contribution >= 0.6 is 0 Å². The van der Waals surface area contributed by atoms with Crippen molar-refractivity contribution in [3.8, 4) is 157 Å². The average molecular weight is 1410 g/mol. The van der Waals surface area contributed by atoms with Crippen LogP contribution in [-0.2, 0) is 10.8 Å². The molecule has 4 aromatic heterocycles. The summed E-state index contributed by atoms with van der Waals surface area (Å²) in [7, 11) is 0. The van der Waals surface area contributed by atoms with Crippen molar-refractivity contribution in [2.45, 2.75) is 38.5 Å². The Hall–Kier alpha value is -13.9. The van der Waals surface area contributed by atoms with Crippen LogP contribution in [0.4, 0.5) is 0 Å². The Morgan fingerprint density at radius 3 is 1.00 bits per heavy atom. The van der Waals surface area contributed by atoms with E-state index in [1.54, 1.807) is 12.4 Å². The highest BCUT2D eigenvalue weighted by Crippen LogP contribution is 2.54. The molecular formula is C104H74N6. The summed E-state index contributed by atoms with van der Waals surface area (Å²) >= 11 is 0. The maximum Gasteiger partial charge on any atom is 0.160 e. The second-order valence-electron chi connectivity index (χ2n) is 29.8. The van der Waals surface area contributed by atoms with Gasteiger partial charge >= 0.3 is 0 Å². The standard InChI is InChI=1S/2C52H37N3/c1-52(2)46-27-26-42(31-45(46)50-44-16-7-6-10-36(44)25-28-47(50)52)41-14-8-13-40(30-41)34-17-21-37(22-18-34)48-32-49(55-51(54-48)39-11-4-3-5-12-39)38-23-19-35(20-24-38)43-15-9-29-53-33-43;1-52(2)47-28-26-42(31-46(47)45-27-25-36-10-6-7-16-44(36)50(45)52)41-14-8-13-40(30-41)34-17-21-37(22-18-34)48-32-49(55-51(54-48)39-11-4-3-5-12-39)38-23-19-35(20-24-38)43-15-9-29-53-33-43/h2*3-33H,1-2H3. The van der Waals surface area contributed by atoms with Crippen LogP contribution in [0.5, 0.6) is 0 Å². The molecule has 2 aliphatic rings. The number of pyridine rings is 2. The van der Waals surface area contributed by atoms with E-state index in [0.717, 1.165) is 89.5 Å². The van der Waals surface area contributed by atoms with Crippen molar-refractivity contribution >= 4 is 21.5 Å². The molecule has 6 heteroatoms. The SMILES string of the molecule is CC1(C)c2ccc(-c3cccc(-c4ccc(-c5cc(-c6ccc(-c7cccnc7)cc6)nc(-c6ccccc6)n5)cc4)c3)cc2-c2c1ccc1ccccc21.CC1(C)c2ccc(-c3cccc(-c4ccc(-c5cc(-c6ccc(-c7cccnc7)cc6)nc(-c6ccccc6)n5)cc4)c3)cc2-c2ccc3ccccc3c21. The van der Waals surface area contributed by atoms with E-state index in [9.17, 15) is 0 Å². The fourth-order valence-corrected chi connectivity index (χ4v) is 16.6. The van der Waals surface area contributed by atoms with Crippen LogP contribution in [0.3, 0.4) is 0 Å². The maximum absolute atomic E-state index is 5.07. The summed E-state index contributed by atoms with van der Waals surface area (Å²) in [5, 5.41) is 5.25. The molecule has 0 amide bonds. The molecule has 0 N–H and O–H groups in total. The van der Waals surface area contributed by atoms with Gasteiger partial charge in [0.05, 0.1) is 22.8 Å². The van der Waals surface area contributed by atoms with E-state index in [1.807, 2.05) is 60.9 Å². The number of aromatic nitrogens is 6. The zero-order valence-electron chi connectivity index (χ0n) is 61.5. The molecule has 110 heavy (non-hydrogen) atoms. The highest BCUT2D eigenvalue weighted by molar-refractivity contribution is 6.04. The van der Waals surface area contributed by atoms with Crippen LogP contribution in [0.2, 0.25) is 0 Å². The van der Waals surface area contributed by atoms with E-state index in [1.165, 1.54) is 99.4 Å². The fourth-order valence-electron chi connectivity index (χ4n) is 16.6. The van der Waals surface area contributed by atoms with E-state index < -0.39 is 0 Å². The first-order valence-electron chi connectivity index (χ1n) is 37.7. The third kappa shape index (κ3) is 12.4. The number of hydrogen-bond acceptors (Lipinski definition) is 6. The van der Waals surface area contributed by atoms with Gasteiger partial charge in [-0.3, -0.25) is 9.97 Å². The van der Waals surface area contributed by atoms with Gasteiger partial charge in [0.25, 0.3) is 0 Å². The van der Waals surface area contributed by atoms with E-state index in [0.29, 0.717) is 11.6 Å². The van der Waals surface area contributed by atoms with Gasteiger partial charge < -0.3 is 0 Å². The first-order valence-corrected chi connectivity index (χ1v) is 37.7. The molecule has 0 saturated heterocycles. The van der Waals surface area contributed by atoms with Crippen LogP contribution in [0.1, 0.15) is 49.9 Å². The molecule has 4 heterocycles. The van der Waals surface area contributed by atoms with Gasteiger partial charge in [0.1, 0.15) is 0 Å². The maximum atomic E-state index is 5.07. The highest BCUT2D eigenvalue weighted by atomic mass is 14.9. The van der Waals surface area contributed by atoms with Crippen LogP contribution in [0.25, 0.3) is 178 Å². The van der Waals surface area contributed by atoms with Crippen LogP contribution in [0.15, 0.2) is 377 Å². The summed E-state index contributed by atoms with van der Waals surface area (Å²) < 4.78 is 0. The average Bonchev–Trinajstić information content (AvgIpc) is 1.57. The number of fused-ring (bicyclic) bond motifs is 10. The highest BCUT2D eigenvalue weighted by Gasteiger charge is 2.38. The molecule has 0 unspecified atom stereocenters. The van der Waals surface area contributed by atoms with Gasteiger partial charge in [-0.2, -0.15) is 0 Å². The largest absolute Gasteiger partial charge is 0.264 e. The Morgan fingerprint density at radius 1 is 0.209 bits per heavy atom. The lowest BCUT2D eigenvalue weighted by Crippen LogP contribution is -2.15. The lowest BCUT2D eigenvalue weighted by molar-refractivity contribution is 0.661. The predicted octanol–water partition coefficient (Wildman–Crippen LogP) is 26.7. The van der Waals surface area contributed by atoms with Crippen molar-refractivity contribution in [3.63, 3.8) is 0 Å². The van der Waals surface area contributed by atoms with Gasteiger partial charge in [-0.05, 0) is 181 Å². The number of rotatable bonds is 12. The minimum absolute atomic E-state index is 0.0476. The van der Waals surface area contributed by atoms with Gasteiger partial charge in [0.15, 0.2) is 11.6 Å². The van der Waals surface area contributed by atoms with E-state index in [4.69, 9.17) is 19.9 Å². The molecule has 0 aliphatic heterocycles. The van der Waals surface area contributed by atoms with Gasteiger partial charge in [-0.1, -0.05) is 331 Å². The molecule has 2 aliphatic carbocycles. The van der Waals surface area contributed by atoms with Gasteiger partial charge in [-0.15, -0.1) is 0 Å². The molecule has 14 aromatic carbocycles. The molecular weight excluding hydrogens is 1330 g/mol. The quantitative estimate of drug-likeness (QED) is 0.121. The fraction of sp³-hybridized carbons (Fsp3) is 0.0577. The van der Waals surface area contributed by atoms with Crippen molar-refractivity contribution in [3.05, 3.63) is 399 Å². The summed E-state index contributed by atoms with van der Waals surface area (Å²) in [6, 6.07) is 126. The van der Waals surface area contributed by atoms with Gasteiger partial charge in [0, 0.05) is 69.0 Å². The van der Waals surface area contributed by atoms with Crippen molar-refractivity contribution in [2.24, 2.45) is 0 Å². The lowest BCUT2D eigenvalue weighted by atomic mass is 9.80. The molecule has 0 spiro atoms. The summed E-state index contributed by atoms with van der Waals surface area (Å²) in [5.74, 6) is 1.41. The molecule has 0 atom stereocenters. The van der Waals surface area contributed by atoms with E-state index in [-0.39, 0.29) is 10.8 Å². The zero-order chi connectivity index (χ0) is 73.9. The summed E-state index contributed by atoms with van der Waals surface area (Å²) in [6.45, 7) is 9.42. The van der Waals surface area contributed by atoms with Crippen LogP contribution in [0, 0.1) is 0 Å². The summed E-state index contributed by atoms with van der Waals surface area (Å²) in [6.07, 6.45) is 7.37. The second-order valence-corrected chi connectivity index (χ2v) is 29.8. The predicted molar refractivity (Wildman–Crippen MR) is 455 cm³/mol. The van der Waals surface area contributed by atoms with Crippen LogP contribution < -0.4 is 0 Å². The summed E-state index contributed by atoms with van der Waals surface area (Å²) in [4.78, 5) is 28.8. The Labute approximate surface area is 641 Å². The normalized spacial score (nSPS) is 12.7. The Kier molecular flexibility index (Phi) is 16.8. The molecule has 18 aromatic rings. The molecule has 0 radical (unpaired) electrons. The molecule has 0 fully saturated rings. The van der Waals surface area contributed by atoms with Crippen molar-refractivity contribution in [2.75, 3.05) is 0 Å². The minimum Gasteiger partial charge on any atom is -0.264 e. The van der Waals surface area contributed by atoms with Gasteiger partial charge in [0.2, 0.25) is 0 Å². The molecule has 0 saturated carbocycles. The van der Waals surface area contributed by atoms with Crippen molar-refractivity contribution < 1.29 is 0 Å². The molecule has 6 nitrogen and oxygen atoms in total. The first-order chi connectivity index (χ1) is 54.0. The third-order valence-corrected chi connectivity index (χ3v) is 22.4. The van der Waals surface area contributed by atoms with Crippen molar-refractivity contribution in [1.29, 1.82) is 0 Å². The molecule has 20 rings (SSSR count). The lowest BCUT2D eigenvalue weighted by Gasteiger charge is -2.23. The smallest absolute Gasteiger partial charge is 0.160 e. The van der Waals surface area contributed by atoms with Crippen molar-refractivity contribution in [1.82, 2.24) is 29.9 Å². The summed E-state index contributed by atoms with van der Waals surface area (Å²) in [5.41, 5.74) is 34.5. The Morgan fingerprint density at radius 2 is 0.545 bits per heavy atom. The van der Waals surface area contributed by atoms with Crippen LogP contribution in [-0.4, -0.2) is 29.9 Å². The monoisotopic (exact) mass is 1410 g/mol. The number of nitrogens with zero attached hydrogens (tertiary/aromatic N) is 6. The minimum atomic E-state index is -0.0646. The first kappa shape index (κ1) is 66.7. The zero-order valence-corrected chi connectivity index (χ0v) is 61.5. The number of benzene rings is 14. The second kappa shape index (κ2) is 27.8. The van der Waals surface area contributed by atoms with Gasteiger partial charge in [-0.25, -0.2) is 19.9 Å². The Balaban J connectivity index is 0.000000149. The number of hydrogen-bond donors (Lipinski definition) is 0. The molecule has 520 valence electrons. The van der Waals surface area contributed by atoms with E-state index in [2.05, 4.69) is 341 Å². The Bertz CT molecular complexity index is 6510. The third-order valence-electron chi connectivity index (χ3n) is 22.4.